The molecule has 1 aliphatic heterocycles. The summed E-state index contributed by atoms with van der Waals surface area (Å²) in [5, 5.41) is 12.3. The molecule has 0 atom stereocenters. The lowest BCUT2D eigenvalue weighted by atomic mass is 9.95. The monoisotopic (exact) mass is 497 g/mol. The second-order valence-electron chi connectivity index (χ2n) is 8.45. The van der Waals surface area contributed by atoms with Crippen molar-refractivity contribution in [3.05, 3.63) is 66.0 Å². The molecule has 11 heteroatoms. The number of carbonyl (C=O) groups is 2. The van der Waals surface area contributed by atoms with Crippen molar-refractivity contribution in [2.45, 2.75) is 24.7 Å². The zero-order chi connectivity index (χ0) is 25.2. The van der Waals surface area contributed by atoms with Crippen LogP contribution >= 0.6 is 0 Å². The van der Waals surface area contributed by atoms with E-state index in [1.165, 1.54) is 24.3 Å². The summed E-state index contributed by atoms with van der Waals surface area (Å²) in [6.07, 6.45) is 2.75. The van der Waals surface area contributed by atoms with Crippen LogP contribution in [-0.2, 0) is 14.8 Å². The molecule has 1 fully saturated rings. The number of benzene rings is 2. The molecule has 4 rings (SSSR count). The van der Waals surface area contributed by atoms with Gasteiger partial charge in [-0.3, -0.25) is 9.59 Å². The lowest BCUT2D eigenvalue weighted by molar-refractivity contribution is -0.121. The molecule has 0 aliphatic carbocycles. The highest BCUT2D eigenvalue weighted by Crippen LogP contribution is 2.25. The fraction of sp³-hybridized carbons (Fsp3) is 0.292. The van der Waals surface area contributed by atoms with E-state index in [0.29, 0.717) is 43.1 Å². The second kappa shape index (κ2) is 9.88. The summed E-state index contributed by atoms with van der Waals surface area (Å²) < 4.78 is 29.8. The van der Waals surface area contributed by atoms with E-state index in [4.69, 9.17) is 9.88 Å². The lowest BCUT2D eigenvalue weighted by Crippen LogP contribution is -2.41. The summed E-state index contributed by atoms with van der Waals surface area (Å²) in [5.41, 5.74) is 2.60. The maximum atomic E-state index is 13.0. The standard InChI is InChI=1S/C24H27N5O5S/c1-16-3-8-22(34-2)21(15-16)29-14-11-20(27-29)24(31)28-12-9-17(10-13-28)23(30)26-18-4-6-19(7-5-18)35(25,32)33/h3-8,11,14-15,17H,9-10,12-13H2,1-2H3,(H,26,30)(H2,25,32,33). The molecular weight excluding hydrogens is 470 g/mol. The van der Waals surface area contributed by atoms with E-state index in [0.717, 1.165) is 11.3 Å². The Kier molecular flexibility index (Phi) is 6.90. The fourth-order valence-corrected chi connectivity index (χ4v) is 4.55. The van der Waals surface area contributed by atoms with Gasteiger partial charge in [-0.15, -0.1) is 0 Å². The van der Waals surface area contributed by atoms with E-state index >= 15 is 0 Å². The molecule has 2 aromatic carbocycles. The molecule has 0 spiro atoms. The Morgan fingerprint density at radius 2 is 1.77 bits per heavy atom. The molecular formula is C24H27N5O5S. The number of carbonyl (C=O) groups excluding carboxylic acids is 2. The first-order valence-electron chi connectivity index (χ1n) is 11.1. The Balaban J connectivity index is 1.35. The number of sulfonamides is 1. The number of nitrogens with two attached hydrogens (primary N) is 1. The highest BCUT2D eigenvalue weighted by Gasteiger charge is 2.29. The number of methoxy groups -OCH3 is 1. The van der Waals surface area contributed by atoms with Crippen molar-refractivity contribution in [1.82, 2.24) is 14.7 Å². The molecule has 10 nitrogen and oxygen atoms in total. The third-order valence-corrected chi connectivity index (χ3v) is 6.92. The van der Waals surface area contributed by atoms with Gasteiger partial charge in [0.05, 0.1) is 12.0 Å². The van der Waals surface area contributed by atoms with E-state index in [-0.39, 0.29) is 22.6 Å². The molecule has 0 bridgehead atoms. The van der Waals surface area contributed by atoms with E-state index in [2.05, 4.69) is 10.4 Å². The number of amides is 2. The van der Waals surface area contributed by atoms with Crippen molar-refractivity contribution >= 4 is 27.5 Å². The van der Waals surface area contributed by atoms with Crippen molar-refractivity contribution in [1.29, 1.82) is 0 Å². The molecule has 3 N–H and O–H groups in total. The largest absolute Gasteiger partial charge is 0.494 e. The van der Waals surface area contributed by atoms with Crippen LogP contribution in [0, 0.1) is 12.8 Å². The molecule has 184 valence electrons. The van der Waals surface area contributed by atoms with Crippen LogP contribution in [0.4, 0.5) is 5.69 Å². The van der Waals surface area contributed by atoms with Gasteiger partial charge in [0.2, 0.25) is 15.9 Å². The number of primary sulfonamides is 1. The predicted octanol–water partition coefficient (Wildman–Crippen LogP) is 2.33. The zero-order valence-corrected chi connectivity index (χ0v) is 20.3. The minimum atomic E-state index is -3.79. The van der Waals surface area contributed by atoms with E-state index < -0.39 is 10.0 Å². The van der Waals surface area contributed by atoms with Gasteiger partial charge < -0.3 is 15.0 Å². The van der Waals surface area contributed by atoms with Crippen molar-refractivity contribution in [3.8, 4) is 11.4 Å². The Hall–Kier alpha value is -3.70. The fourth-order valence-electron chi connectivity index (χ4n) is 4.03. The van der Waals surface area contributed by atoms with Crippen LogP contribution in [0.15, 0.2) is 59.6 Å². The van der Waals surface area contributed by atoms with E-state index in [9.17, 15) is 18.0 Å². The highest BCUT2D eigenvalue weighted by atomic mass is 32.2. The summed E-state index contributed by atoms with van der Waals surface area (Å²) in [7, 11) is -2.20. The van der Waals surface area contributed by atoms with Crippen LogP contribution in [-0.4, -0.2) is 55.1 Å². The van der Waals surface area contributed by atoms with Crippen molar-refractivity contribution in [3.63, 3.8) is 0 Å². The quantitative estimate of drug-likeness (QED) is 0.536. The first kappa shape index (κ1) is 24.4. The van der Waals surface area contributed by atoms with Crippen LogP contribution in [0.1, 0.15) is 28.9 Å². The first-order chi connectivity index (χ1) is 16.7. The van der Waals surface area contributed by atoms with E-state index in [1.54, 1.807) is 29.0 Å². The molecule has 2 heterocycles. The third kappa shape index (κ3) is 5.52. The normalized spacial score (nSPS) is 14.5. The number of nitrogens with zero attached hydrogens (tertiary/aromatic N) is 3. The smallest absolute Gasteiger partial charge is 0.274 e. The molecule has 3 aromatic rings. The van der Waals surface area contributed by atoms with Gasteiger partial charge in [0.25, 0.3) is 5.91 Å². The number of hydrogen-bond acceptors (Lipinski definition) is 6. The summed E-state index contributed by atoms with van der Waals surface area (Å²) >= 11 is 0. The average molecular weight is 498 g/mol. The van der Waals surface area contributed by atoms with Gasteiger partial charge in [0, 0.05) is 30.9 Å². The molecule has 2 amide bonds. The Morgan fingerprint density at radius 3 is 2.40 bits per heavy atom. The van der Waals surface area contributed by atoms with Gasteiger partial charge in [-0.25, -0.2) is 18.2 Å². The van der Waals surface area contributed by atoms with Gasteiger partial charge in [-0.05, 0) is 67.8 Å². The highest BCUT2D eigenvalue weighted by molar-refractivity contribution is 7.89. The number of aromatic nitrogens is 2. The molecule has 35 heavy (non-hydrogen) atoms. The molecule has 1 saturated heterocycles. The van der Waals surface area contributed by atoms with Crippen molar-refractivity contribution in [2.24, 2.45) is 11.1 Å². The third-order valence-electron chi connectivity index (χ3n) is 5.99. The molecule has 0 saturated carbocycles. The number of aryl methyl sites for hydroxylation is 1. The van der Waals surface area contributed by atoms with Gasteiger partial charge in [-0.2, -0.15) is 5.10 Å². The second-order valence-corrected chi connectivity index (χ2v) is 10.0. The Labute approximate surface area is 203 Å². The van der Waals surface area contributed by atoms with Crippen LogP contribution in [0.5, 0.6) is 5.75 Å². The minimum absolute atomic E-state index is 0.0226. The van der Waals surface area contributed by atoms with Gasteiger partial charge in [0.1, 0.15) is 11.4 Å². The number of likely N-dealkylation sites (tertiary alicyclic amines) is 1. The lowest BCUT2D eigenvalue weighted by Gasteiger charge is -2.30. The van der Waals surface area contributed by atoms with Gasteiger partial charge in [-0.1, -0.05) is 6.07 Å². The number of nitrogens with one attached hydrogen (secondary N) is 1. The summed E-state index contributed by atoms with van der Waals surface area (Å²) in [5.74, 6) is 0.0407. The number of anilines is 1. The molecule has 1 aromatic heterocycles. The topological polar surface area (TPSA) is 137 Å². The number of rotatable bonds is 6. The maximum absolute atomic E-state index is 13.0. The summed E-state index contributed by atoms with van der Waals surface area (Å²) in [6, 6.07) is 13.1. The summed E-state index contributed by atoms with van der Waals surface area (Å²) in [4.78, 5) is 27.3. The Morgan fingerprint density at radius 1 is 1.09 bits per heavy atom. The van der Waals surface area contributed by atoms with Crippen LogP contribution in [0.3, 0.4) is 0 Å². The van der Waals surface area contributed by atoms with Crippen molar-refractivity contribution < 1.29 is 22.7 Å². The molecule has 1 aliphatic rings. The molecule has 0 radical (unpaired) electrons. The minimum Gasteiger partial charge on any atom is -0.494 e. The Bertz CT molecular complexity index is 1340. The average Bonchev–Trinajstić information content (AvgIpc) is 3.33. The van der Waals surface area contributed by atoms with Gasteiger partial charge in [0.15, 0.2) is 5.69 Å². The zero-order valence-electron chi connectivity index (χ0n) is 19.5. The van der Waals surface area contributed by atoms with Gasteiger partial charge >= 0.3 is 0 Å². The van der Waals surface area contributed by atoms with Crippen molar-refractivity contribution in [2.75, 3.05) is 25.5 Å². The maximum Gasteiger partial charge on any atom is 0.274 e. The van der Waals surface area contributed by atoms with E-state index in [1.807, 2.05) is 25.1 Å². The summed E-state index contributed by atoms with van der Waals surface area (Å²) in [6.45, 7) is 2.84. The number of hydrogen-bond donors (Lipinski definition) is 2. The number of ether oxygens (including phenoxy) is 1. The number of piperidine rings is 1. The molecule has 0 unspecified atom stereocenters. The SMILES string of the molecule is COc1ccc(C)cc1-n1ccc(C(=O)N2CCC(C(=O)Nc3ccc(S(N)(=O)=O)cc3)CC2)n1. The van der Waals surface area contributed by atoms with Crippen LogP contribution < -0.4 is 15.2 Å². The van der Waals surface area contributed by atoms with Crippen LogP contribution in [0.2, 0.25) is 0 Å². The van der Waals surface area contributed by atoms with Crippen LogP contribution in [0.25, 0.3) is 5.69 Å². The first-order valence-corrected chi connectivity index (χ1v) is 12.6. The predicted molar refractivity (Wildman–Crippen MR) is 130 cm³/mol.